The fraction of sp³-hybridized carbons (Fsp3) is 0.385. The number of methoxy groups -OCH3 is 2. The molecule has 188 valence electrons. The number of halogens is 1. The van der Waals surface area contributed by atoms with Gasteiger partial charge in [0.25, 0.3) is 11.7 Å². The van der Waals surface area contributed by atoms with E-state index in [1.54, 1.807) is 30.3 Å². The summed E-state index contributed by atoms with van der Waals surface area (Å²) >= 11 is 6.32. The molecule has 1 amide bonds. The number of ketones is 1. The first-order valence-corrected chi connectivity index (χ1v) is 11.7. The van der Waals surface area contributed by atoms with Crippen molar-refractivity contribution in [2.24, 2.45) is 0 Å². The summed E-state index contributed by atoms with van der Waals surface area (Å²) in [4.78, 5) is 29.8. The van der Waals surface area contributed by atoms with Crippen LogP contribution in [-0.4, -0.2) is 74.6 Å². The van der Waals surface area contributed by atoms with E-state index < -0.39 is 17.7 Å². The number of Topliss-reactive ketones (excluding diaryl/α,β-unsaturated/α-hetero) is 1. The van der Waals surface area contributed by atoms with E-state index in [4.69, 9.17) is 25.8 Å². The van der Waals surface area contributed by atoms with E-state index >= 15 is 0 Å². The molecule has 1 fully saturated rings. The fourth-order valence-electron chi connectivity index (χ4n) is 4.11. The summed E-state index contributed by atoms with van der Waals surface area (Å²) < 4.78 is 16.2. The molecule has 9 heteroatoms. The quantitative estimate of drug-likeness (QED) is 0.297. The monoisotopic (exact) mass is 502 g/mol. The molecule has 1 heterocycles. The van der Waals surface area contributed by atoms with Crippen LogP contribution in [0.3, 0.4) is 0 Å². The Morgan fingerprint density at radius 3 is 2.34 bits per heavy atom. The number of carbonyl (C=O) groups excluding carboxylic acids is 2. The number of hydrogen-bond acceptors (Lipinski definition) is 7. The Bertz CT molecular complexity index is 1130. The van der Waals surface area contributed by atoms with Crippen LogP contribution in [0, 0.1) is 0 Å². The highest BCUT2D eigenvalue weighted by atomic mass is 35.5. The Morgan fingerprint density at radius 1 is 1.06 bits per heavy atom. The number of aliphatic hydroxyl groups is 1. The highest BCUT2D eigenvalue weighted by molar-refractivity contribution is 6.46. The standard InChI is InChI=1S/C26H31ClN2O6/c1-6-35-19-10-9-17(14-18(19)27)24(30)22-23(16-8-11-20(33-4)21(15-16)34-5)29(26(32)25(22)31)13-7-12-28(2)3/h8-11,14-15,23,30H,6-7,12-13H2,1-5H3/b24-22+/t23-/m1/s1. The molecule has 2 aromatic rings. The second kappa shape index (κ2) is 11.5. The van der Waals surface area contributed by atoms with Crippen molar-refractivity contribution in [3.63, 3.8) is 0 Å². The Labute approximate surface area is 210 Å². The molecule has 1 aliphatic rings. The van der Waals surface area contributed by atoms with Gasteiger partial charge in [-0.15, -0.1) is 0 Å². The summed E-state index contributed by atoms with van der Waals surface area (Å²) in [5.74, 6) is -0.291. The molecule has 0 aromatic heterocycles. The average Bonchev–Trinajstić information content (AvgIpc) is 3.09. The lowest BCUT2D eigenvalue weighted by Gasteiger charge is -2.26. The number of amides is 1. The van der Waals surface area contributed by atoms with Crippen molar-refractivity contribution in [1.29, 1.82) is 0 Å². The number of carbonyl (C=O) groups is 2. The average molecular weight is 503 g/mol. The number of aliphatic hydroxyl groups excluding tert-OH is 1. The van der Waals surface area contributed by atoms with E-state index in [-0.39, 0.29) is 11.3 Å². The molecule has 1 saturated heterocycles. The van der Waals surface area contributed by atoms with Crippen molar-refractivity contribution in [1.82, 2.24) is 9.80 Å². The maximum absolute atomic E-state index is 13.2. The zero-order chi connectivity index (χ0) is 25.7. The first kappa shape index (κ1) is 26.4. The van der Waals surface area contributed by atoms with Crippen LogP contribution in [0.5, 0.6) is 17.2 Å². The molecule has 35 heavy (non-hydrogen) atoms. The van der Waals surface area contributed by atoms with Gasteiger partial charge in [0.15, 0.2) is 11.5 Å². The van der Waals surface area contributed by atoms with Crippen molar-refractivity contribution < 1.29 is 28.9 Å². The van der Waals surface area contributed by atoms with Crippen LogP contribution in [0.1, 0.15) is 30.5 Å². The topological polar surface area (TPSA) is 88.5 Å². The summed E-state index contributed by atoms with van der Waals surface area (Å²) in [6.45, 7) is 3.34. The molecule has 1 N–H and O–H groups in total. The van der Waals surface area contributed by atoms with Crippen LogP contribution >= 0.6 is 11.6 Å². The van der Waals surface area contributed by atoms with E-state index in [0.29, 0.717) is 53.0 Å². The minimum atomic E-state index is -0.803. The molecule has 0 saturated carbocycles. The van der Waals surface area contributed by atoms with Crippen LogP contribution in [0.25, 0.3) is 5.76 Å². The molecule has 0 bridgehead atoms. The number of ether oxygens (including phenoxy) is 3. The van der Waals surface area contributed by atoms with E-state index in [1.807, 2.05) is 25.9 Å². The highest BCUT2D eigenvalue weighted by Gasteiger charge is 2.46. The number of hydrogen-bond donors (Lipinski definition) is 1. The molecule has 3 rings (SSSR count). The van der Waals surface area contributed by atoms with E-state index in [9.17, 15) is 14.7 Å². The predicted molar refractivity (Wildman–Crippen MR) is 134 cm³/mol. The normalized spacial score (nSPS) is 17.2. The minimum absolute atomic E-state index is 0.00713. The zero-order valence-corrected chi connectivity index (χ0v) is 21.4. The number of nitrogens with zero attached hydrogens (tertiary/aromatic N) is 2. The summed E-state index contributed by atoms with van der Waals surface area (Å²) in [7, 11) is 6.92. The largest absolute Gasteiger partial charge is 0.507 e. The fourth-order valence-corrected chi connectivity index (χ4v) is 4.35. The van der Waals surface area contributed by atoms with Gasteiger partial charge in [0.2, 0.25) is 0 Å². The second-order valence-corrected chi connectivity index (χ2v) is 8.75. The van der Waals surface area contributed by atoms with Gasteiger partial charge in [0.05, 0.1) is 37.5 Å². The summed E-state index contributed by atoms with van der Waals surface area (Å²) in [6.07, 6.45) is 0.652. The first-order valence-electron chi connectivity index (χ1n) is 11.3. The van der Waals surface area contributed by atoms with Crippen LogP contribution in [-0.2, 0) is 9.59 Å². The Hall–Kier alpha value is -3.23. The molecule has 0 unspecified atom stereocenters. The van der Waals surface area contributed by atoms with Gasteiger partial charge in [-0.1, -0.05) is 17.7 Å². The van der Waals surface area contributed by atoms with Crippen molar-refractivity contribution in [3.05, 3.63) is 58.1 Å². The molecule has 2 aromatic carbocycles. The smallest absolute Gasteiger partial charge is 0.295 e. The lowest BCUT2D eigenvalue weighted by molar-refractivity contribution is -0.139. The lowest BCUT2D eigenvalue weighted by atomic mass is 9.95. The van der Waals surface area contributed by atoms with Gasteiger partial charge >= 0.3 is 0 Å². The Morgan fingerprint density at radius 2 is 1.74 bits per heavy atom. The Kier molecular flexibility index (Phi) is 8.64. The number of likely N-dealkylation sites (tertiary alicyclic amines) is 1. The van der Waals surface area contributed by atoms with Crippen LogP contribution in [0.15, 0.2) is 42.0 Å². The van der Waals surface area contributed by atoms with E-state index in [1.165, 1.54) is 25.2 Å². The maximum atomic E-state index is 13.2. The Balaban J connectivity index is 2.14. The van der Waals surface area contributed by atoms with Gasteiger partial charge in [0, 0.05) is 12.1 Å². The number of benzene rings is 2. The summed E-state index contributed by atoms with van der Waals surface area (Å²) in [6, 6.07) is 9.13. The van der Waals surface area contributed by atoms with Crippen molar-refractivity contribution in [2.45, 2.75) is 19.4 Å². The minimum Gasteiger partial charge on any atom is -0.507 e. The molecule has 1 aliphatic heterocycles. The molecule has 1 atom stereocenters. The maximum Gasteiger partial charge on any atom is 0.295 e. The molecule has 0 aliphatic carbocycles. The van der Waals surface area contributed by atoms with Crippen LogP contribution in [0.4, 0.5) is 0 Å². The zero-order valence-electron chi connectivity index (χ0n) is 20.6. The second-order valence-electron chi connectivity index (χ2n) is 8.34. The van der Waals surface area contributed by atoms with Crippen molar-refractivity contribution in [2.75, 3.05) is 48.0 Å². The molecule has 8 nitrogen and oxygen atoms in total. The number of rotatable bonds is 10. The molecular weight excluding hydrogens is 472 g/mol. The van der Waals surface area contributed by atoms with Gasteiger partial charge < -0.3 is 29.1 Å². The third-order valence-electron chi connectivity index (χ3n) is 5.77. The molecular formula is C26H31ClN2O6. The summed E-state index contributed by atoms with van der Waals surface area (Å²) in [5.41, 5.74) is 0.924. The van der Waals surface area contributed by atoms with Gasteiger partial charge in [-0.25, -0.2) is 0 Å². The third kappa shape index (κ3) is 5.55. The predicted octanol–water partition coefficient (Wildman–Crippen LogP) is 4.13. The SMILES string of the molecule is CCOc1ccc(/C(O)=C2\C(=O)C(=O)N(CCCN(C)C)[C@@H]2c2ccc(OC)c(OC)c2)cc1Cl. The van der Waals surface area contributed by atoms with E-state index in [2.05, 4.69) is 0 Å². The van der Waals surface area contributed by atoms with Crippen molar-refractivity contribution >= 4 is 29.1 Å². The summed E-state index contributed by atoms with van der Waals surface area (Å²) in [5, 5.41) is 11.6. The lowest BCUT2D eigenvalue weighted by Crippen LogP contribution is -2.32. The first-order chi connectivity index (χ1) is 16.7. The third-order valence-corrected chi connectivity index (χ3v) is 6.07. The van der Waals surface area contributed by atoms with Gasteiger partial charge in [0.1, 0.15) is 11.5 Å². The van der Waals surface area contributed by atoms with Gasteiger partial charge in [-0.05, 0) is 69.9 Å². The molecule has 0 spiro atoms. The van der Waals surface area contributed by atoms with Crippen LogP contribution < -0.4 is 14.2 Å². The van der Waals surface area contributed by atoms with E-state index in [0.717, 1.165) is 6.54 Å². The highest BCUT2D eigenvalue weighted by Crippen LogP contribution is 2.42. The van der Waals surface area contributed by atoms with Crippen molar-refractivity contribution in [3.8, 4) is 17.2 Å². The van der Waals surface area contributed by atoms with Gasteiger partial charge in [-0.2, -0.15) is 0 Å². The molecule has 0 radical (unpaired) electrons. The van der Waals surface area contributed by atoms with Gasteiger partial charge in [-0.3, -0.25) is 9.59 Å². The van der Waals surface area contributed by atoms with Crippen LogP contribution in [0.2, 0.25) is 5.02 Å².